The zero-order valence-corrected chi connectivity index (χ0v) is 15.7. The van der Waals surface area contributed by atoms with Crippen LogP contribution in [0.15, 0.2) is 24.3 Å². The molecule has 2 aromatic rings. The minimum atomic E-state index is -0.542. The fourth-order valence-electron chi connectivity index (χ4n) is 2.85. The number of hydrogen-bond donors (Lipinski definition) is 2. The van der Waals surface area contributed by atoms with Crippen LogP contribution >= 0.6 is 11.3 Å². The molecule has 0 unspecified atom stereocenters. The number of nitrogens with one attached hydrogen (secondary N) is 1. The second-order valence-electron chi connectivity index (χ2n) is 6.28. The Morgan fingerprint density at radius 3 is 2.65 bits per heavy atom. The van der Waals surface area contributed by atoms with Gasteiger partial charge in [0, 0.05) is 17.0 Å². The van der Waals surface area contributed by atoms with Gasteiger partial charge in [0.1, 0.15) is 17.4 Å². The van der Waals surface area contributed by atoms with E-state index in [9.17, 15) is 9.59 Å². The van der Waals surface area contributed by atoms with Crippen molar-refractivity contribution in [3.05, 3.63) is 45.8 Å². The fraction of sp³-hybridized carbons (Fsp3) is 0.368. The van der Waals surface area contributed by atoms with Crippen LogP contribution in [0.4, 0.5) is 5.00 Å². The number of rotatable bonds is 6. The molecular weight excluding hydrogens is 352 g/mol. The first-order valence-electron chi connectivity index (χ1n) is 8.51. The van der Waals surface area contributed by atoms with Crippen molar-refractivity contribution in [2.45, 2.75) is 32.8 Å². The number of carbonyl (C=O) groups excluding carboxylic acids is 2. The number of thiophene rings is 1. The molecule has 0 spiro atoms. The van der Waals surface area contributed by atoms with E-state index in [0.717, 1.165) is 29.9 Å². The van der Waals surface area contributed by atoms with Crippen molar-refractivity contribution < 1.29 is 19.1 Å². The Morgan fingerprint density at radius 2 is 2.04 bits per heavy atom. The predicted molar refractivity (Wildman–Crippen MR) is 101 cm³/mol. The molecule has 138 valence electrons. The summed E-state index contributed by atoms with van der Waals surface area (Å²) < 4.78 is 11.2. The summed E-state index contributed by atoms with van der Waals surface area (Å²) >= 11 is 1.35. The number of ether oxygens (including phenoxy) is 2. The molecule has 0 bridgehead atoms. The summed E-state index contributed by atoms with van der Waals surface area (Å²) in [6.45, 7) is 5.02. The molecule has 3 N–H and O–H groups in total. The molecule has 1 aliphatic heterocycles. The molecule has 1 aliphatic rings. The third-order valence-corrected chi connectivity index (χ3v) is 5.56. The number of nitrogens with two attached hydrogens (primary N) is 1. The lowest BCUT2D eigenvalue weighted by Gasteiger charge is -2.11. The molecule has 1 aromatic carbocycles. The lowest BCUT2D eigenvalue weighted by molar-refractivity contribution is 0.0679. The Kier molecular flexibility index (Phi) is 5.58. The number of primary amides is 1. The van der Waals surface area contributed by atoms with Gasteiger partial charge in [-0.05, 0) is 56.5 Å². The average molecular weight is 374 g/mol. The van der Waals surface area contributed by atoms with Gasteiger partial charge in [-0.3, -0.25) is 9.59 Å². The van der Waals surface area contributed by atoms with Crippen molar-refractivity contribution in [2.24, 2.45) is 5.73 Å². The molecule has 1 fully saturated rings. The van der Waals surface area contributed by atoms with Gasteiger partial charge in [-0.2, -0.15) is 0 Å². The third kappa shape index (κ3) is 4.05. The molecule has 26 heavy (non-hydrogen) atoms. The number of amides is 2. The van der Waals surface area contributed by atoms with E-state index >= 15 is 0 Å². The highest BCUT2D eigenvalue weighted by atomic mass is 32.1. The van der Waals surface area contributed by atoms with Crippen molar-refractivity contribution >= 4 is 28.2 Å². The molecule has 3 rings (SSSR count). The SMILES string of the molecule is Cc1sc(NC(=O)c2ccc(OC[C@H]3CCCO3)cc2)c(C(N)=O)c1C. The molecule has 1 aromatic heterocycles. The highest BCUT2D eigenvalue weighted by Gasteiger charge is 2.20. The largest absolute Gasteiger partial charge is 0.491 e. The van der Waals surface area contributed by atoms with Gasteiger partial charge in [-0.1, -0.05) is 0 Å². The number of hydrogen-bond acceptors (Lipinski definition) is 5. The topological polar surface area (TPSA) is 90.7 Å². The quantitative estimate of drug-likeness (QED) is 0.812. The predicted octanol–water partition coefficient (Wildman–Crippen LogP) is 3.27. The Hall–Kier alpha value is -2.38. The molecule has 6 nitrogen and oxygen atoms in total. The van der Waals surface area contributed by atoms with Crippen molar-refractivity contribution in [3.63, 3.8) is 0 Å². The van der Waals surface area contributed by atoms with E-state index < -0.39 is 5.91 Å². The standard InChI is InChI=1S/C19H22N2O4S/c1-11-12(2)26-19(16(11)17(20)22)21-18(23)13-5-7-14(8-6-13)25-10-15-4-3-9-24-15/h5-8,15H,3-4,9-10H2,1-2H3,(H2,20,22)(H,21,23)/t15-/m1/s1. The Labute approximate surface area is 156 Å². The van der Waals surface area contributed by atoms with Crippen LogP contribution in [0, 0.1) is 13.8 Å². The minimum Gasteiger partial charge on any atom is -0.491 e. The maximum atomic E-state index is 12.5. The zero-order valence-electron chi connectivity index (χ0n) is 14.8. The van der Waals surface area contributed by atoms with Gasteiger partial charge in [-0.25, -0.2) is 0 Å². The summed E-state index contributed by atoms with van der Waals surface area (Å²) in [6.07, 6.45) is 2.24. The van der Waals surface area contributed by atoms with Crippen LogP contribution in [0.3, 0.4) is 0 Å². The van der Waals surface area contributed by atoms with Crippen molar-refractivity contribution in [1.29, 1.82) is 0 Å². The Bertz CT molecular complexity index is 808. The van der Waals surface area contributed by atoms with E-state index in [1.807, 2.05) is 13.8 Å². The molecule has 0 radical (unpaired) electrons. The molecule has 1 saturated heterocycles. The van der Waals surface area contributed by atoms with Gasteiger partial charge in [0.05, 0.1) is 11.7 Å². The van der Waals surface area contributed by atoms with Gasteiger partial charge < -0.3 is 20.5 Å². The second kappa shape index (κ2) is 7.88. The molecule has 0 saturated carbocycles. The molecule has 7 heteroatoms. The van der Waals surface area contributed by atoms with Gasteiger partial charge in [0.25, 0.3) is 11.8 Å². The summed E-state index contributed by atoms with van der Waals surface area (Å²) in [5.41, 5.74) is 7.09. The van der Waals surface area contributed by atoms with Crippen LogP contribution in [0.5, 0.6) is 5.75 Å². The first-order valence-corrected chi connectivity index (χ1v) is 9.33. The van der Waals surface area contributed by atoms with Crippen molar-refractivity contribution in [2.75, 3.05) is 18.5 Å². The van der Waals surface area contributed by atoms with Crippen LogP contribution in [-0.2, 0) is 4.74 Å². The second-order valence-corrected chi connectivity index (χ2v) is 7.50. The summed E-state index contributed by atoms with van der Waals surface area (Å²) in [4.78, 5) is 25.1. The van der Waals surface area contributed by atoms with Crippen LogP contribution in [0.25, 0.3) is 0 Å². The first-order chi connectivity index (χ1) is 12.5. The van der Waals surface area contributed by atoms with E-state index in [1.54, 1.807) is 24.3 Å². The van der Waals surface area contributed by atoms with Crippen LogP contribution < -0.4 is 15.8 Å². The summed E-state index contributed by atoms with van der Waals surface area (Å²) in [5.74, 6) is -0.142. The number of carbonyl (C=O) groups is 2. The Morgan fingerprint density at radius 1 is 1.31 bits per heavy atom. The van der Waals surface area contributed by atoms with Crippen molar-refractivity contribution in [3.8, 4) is 5.75 Å². The van der Waals surface area contributed by atoms with Crippen LogP contribution in [0.2, 0.25) is 0 Å². The number of anilines is 1. The summed E-state index contributed by atoms with van der Waals surface area (Å²) in [7, 11) is 0. The smallest absolute Gasteiger partial charge is 0.256 e. The summed E-state index contributed by atoms with van der Waals surface area (Å²) in [6, 6.07) is 6.89. The highest BCUT2D eigenvalue weighted by molar-refractivity contribution is 7.16. The minimum absolute atomic E-state index is 0.149. The van der Waals surface area contributed by atoms with E-state index in [4.69, 9.17) is 15.2 Å². The van der Waals surface area contributed by atoms with E-state index in [2.05, 4.69) is 5.32 Å². The zero-order chi connectivity index (χ0) is 18.7. The molecule has 2 heterocycles. The fourth-order valence-corrected chi connectivity index (χ4v) is 3.92. The average Bonchev–Trinajstić information content (AvgIpc) is 3.22. The van der Waals surface area contributed by atoms with E-state index in [0.29, 0.717) is 28.5 Å². The lowest BCUT2D eigenvalue weighted by Crippen LogP contribution is -2.17. The van der Waals surface area contributed by atoms with Crippen LogP contribution in [-0.4, -0.2) is 31.1 Å². The van der Waals surface area contributed by atoms with E-state index in [-0.39, 0.29) is 12.0 Å². The third-order valence-electron chi connectivity index (χ3n) is 4.44. The van der Waals surface area contributed by atoms with Gasteiger partial charge >= 0.3 is 0 Å². The molecular formula is C19H22N2O4S. The van der Waals surface area contributed by atoms with Gasteiger partial charge in [-0.15, -0.1) is 11.3 Å². The monoisotopic (exact) mass is 374 g/mol. The van der Waals surface area contributed by atoms with Crippen molar-refractivity contribution in [1.82, 2.24) is 0 Å². The first kappa shape index (κ1) is 18.4. The number of benzene rings is 1. The number of aryl methyl sites for hydroxylation is 1. The molecule has 2 amide bonds. The maximum absolute atomic E-state index is 12.5. The van der Waals surface area contributed by atoms with Gasteiger partial charge in [0.15, 0.2) is 0 Å². The van der Waals surface area contributed by atoms with Crippen LogP contribution in [0.1, 0.15) is 44.0 Å². The lowest BCUT2D eigenvalue weighted by atomic mass is 10.1. The highest BCUT2D eigenvalue weighted by Crippen LogP contribution is 2.32. The molecule has 0 aliphatic carbocycles. The normalized spacial score (nSPS) is 16.5. The molecule has 1 atom stereocenters. The van der Waals surface area contributed by atoms with E-state index in [1.165, 1.54) is 11.3 Å². The van der Waals surface area contributed by atoms with Gasteiger partial charge in [0.2, 0.25) is 0 Å². The maximum Gasteiger partial charge on any atom is 0.256 e. The Balaban J connectivity index is 1.65. The summed E-state index contributed by atoms with van der Waals surface area (Å²) in [5, 5.41) is 3.27.